The molecule has 0 unspecified atom stereocenters. The summed E-state index contributed by atoms with van der Waals surface area (Å²) in [7, 11) is 3.20. The van der Waals surface area contributed by atoms with Crippen LogP contribution in [0.1, 0.15) is 34.6 Å². The fraction of sp³-hybridized carbons (Fsp3) is 0.270. The van der Waals surface area contributed by atoms with Gasteiger partial charge in [-0.15, -0.1) is 0 Å². The van der Waals surface area contributed by atoms with Crippen molar-refractivity contribution in [2.75, 3.05) is 57.3 Å². The lowest BCUT2D eigenvalue weighted by Gasteiger charge is -2.27. The van der Waals surface area contributed by atoms with Crippen LogP contribution in [0, 0.1) is 0 Å². The molecule has 0 atom stereocenters. The summed E-state index contributed by atoms with van der Waals surface area (Å²) in [6.07, 6.45) is 12.3. The number of nitrogens with one attached hydrogen (secondary N) is 2. The van der Waals surface area contributed by atoms with Gasteiger partial charge in [-0.25, -0.2) is 4.98 Å². The van der Waals surface area contributed by atoms with Crippen LogP contribution in [0.3, 0.4) is 0 Å². The zero-order valence-corrected chi connectivity index (χ0v) is 30.9. The minimum absolute atomic E-state index is 0.00225. The van der Waals surface area contributed by atoms with Crippen molar-refractivity contribution in [2.45, 2.75) is 20.4 Å². The average molecular weight is 741 g/mol. The summed E-state index contributed by atoms with van der Waals surface area (Å²) >= 11 is 0. The quantitative estimate of drug-likeness (QED) is 0.0400. The fourth-order valence-corrected chi connectivity index (χ4v) is 5.11. The predicted octanol–water partition coefficient (Wildman–Crippen LogP) is 2.55. The molecule has 0 aliphatic heterocycles. The molecule has 0 saturated heterocycles. The Morgan fingerprint density at radius 1 is 1.09 bits per heavy atom. The number of primary amides is 1. The van der Waals surface area contributed by atoms with Crippen LogP contribution in [0.15, 0.2) is 87.2 Å². The summed E-state index contributed by atoms with van der Waals surface area (Å²) in [5.41, 5.74) is 26.0. The van der Waals surface area contributed by atoms with E-state index in [0.717, 1.165) is 0 Å². The van der Waals surface area contributed by atoms with Crippen molar-refractivity contribution in [3.8, 4) is 11.5 Å². The first-order valence-electron chi connectivity index (χ1n) is 16.8. The number of imidazole rings is 1. The fourth-order valence-electron chi connectivity index (χ4n) is 5.11. The van der Waals surface area contributed by atoms with E-state index in [0.29, 0.717) is 82.7 Å². The number of methoxy groups -OCH3 is 1. The Morgan fingerprint density at radius 3 is 2.50 bits per heavy atom. The van der Waals surface area contributed by atoms with Gasteiger partial charge < -0.3 is 52.5 Å². The first-order valence-corrected chi connectivity index (χ1v) is 16.8. The van der Waals surface area contributed by atoms with Crippen LogP contribution in [0.4, 0.5) is 17.3 Å². The van der Waals surface area contributed by atoms with Crippen LogP contribution < -0.4 is 47.9 Å². The molecule has 0 fully saturated rings. The topological polar surface area (TPSA) is 256 Å². The third-order valence-electron chi connectivity index (χ3n) is 7.52. The van der Waals surface area contributed by atoms with Crippen LogP contribution >= 0.6 is 0 Å². The van der Waals surface area contributed by atoms with Crippen LogP contribution in [0.25, 0.3) is 11.0 Å². The molecule has 0 saturated carbocycles. The van der Waals surface area contributed by atoms with E-state index >= 15 is 0 Å². The summed E-state index contributed by atoms with van der Waals surface area (Å²) in [6.45, 7) is 8.65. The van der Waals surface area contributed by atoms with Gasteiger partial charge in [0.05, 0.1) is 37.2 Å². The molecule has 0 aliphatic rings. The second-order valence-corrected chi connectivity index (χ2v) is 11.4. The maximum atomic E-state index is 13.2. The van der Waals surface area contributed by atoms with E-state index in [4.69, 9.17) is 32.4 Å². The summed E-state index contributed by atoms with van der Waals surface area (Å²) in [6, 6.07) is 6.34. The molecule has 17 nitrogen and oxygen atoms in total. The van der Waals surface area contributed by atoms with E-state index in [9.17, 15) is 14.4 Å². The largest absolute Gasteiger partial charge is 0.494 e. The molecule has 0 aliphatic carbocycles. The van der Waals surface area contributed by atoms with Crippen molar-refractivity contribution in [1.82, 2.24) is 14.9 Å². The summed E-state index contributed by atoms with van der Waals surface area (Å²) < 4.78 is 13.6. The molecule has 286 valence electrons. The molecule has 3 aromatic rings. The lowest BCUT2D eigenvalue weighted by molar-refractivity contribution is -0.114. The first-order chi connectivity index (χ1) is 26.0. The first kappa shape index (κ1) is 41.5. The number of fused-ring (bicyclic) bond motifs is 1. The maximum Gasteiger partial charge on any atom is 0.270 e. The van der Waals surface area contributed by atoms with Gasteiger partial charge in [-0.05, 0) is 57.0 Å². The lowest BCUT2D eigenvalue weighted by atomic mass is 10.1. The molecule has 0 bridgehead atoms. The van der Waals surface area contributed by atoms with Crippen molar-refractivity contribution in [3.05, 3.63) is 83.4 Å². The third kappa shape index (κ3) is 11.3. The van der Waals surface area contributed by atoms with Gasteiger partial charge in [0.25, 0.3) is 5.91 Å². The number of benzene rings is 2. The number of carbonyl (C=O) groups is 3. The van der Waals surface area contributed by atoms with Gasteiger partial charge in [0.2, 0.25) is 11.9 Å². The van der Waals surface area contributed by atoms with Crippen LogP contribution in [-0.2, 0) is 11.3 Å². The van der Waals surface area contributed by atoms with Crippen molar-refractivity contribution >= 4 is 65.1 Å². The van der Waals surface area contributed by atoms with Crippen LogP contribution in [0.5, 0.6) is 11.5 Å². The predicted molar refractivity (Wildman–Crippen MR) is 215 cm³/mol. The zero-order valence-electron chi connectivity index (χ0n) is 30.9. The number of aliphatic imine (C=N–C) groups is 3. The SMILES string of the molecule is C=Nc1cc(C=O)cc(OC)c1N(C/C=C/Cn1c(NC)nc2cc(C(N)=O)cc(OC/C=C/CN=C/C(N)=C\N)c21)CNC(=O)C(/C=C(/C)N)=NCC. The Labute approximate surface area is 313 Å². The maximum absolute atomic E-state index is 13.2. The number of amides is 2. The molecule has 1 aromatic heterocycles. The number of rotatable bonds is 21. The number of ether oxygens (including phenoxy) is 2. The Balaban J connectivity index is 1.97. The minimum Gasteiger partial charge on any atom is -0.494 e. The van der Waals surface area contributed by atoms with E-state index in [1.807, 2.05) is 28.5 Å². The van der Waals surface area contributed by atoms with Crippen molar-refractivity contribution in [2.24, 2.45) is 37.9 Å². The highest BCUT2D eigenvalue weighted by Gasteiger charge is 2.20. The van der Waals surface area contributed by atoms with Gasteiger partial charge >= 0.3 is 0 Å². The molecule has 10 N–H and O–H groups in total. The van der Waals surface area contributed by atoms with E-state index < -0.39 is 11.8 Å². The second kappa shape index (κ2) is 20.8. The molecule has 2 aromatic carbocycles. The number of nitrogens with two attached hydrogens (primary N) is 4. The molecule has 0 radical (unpaired) electrons. The Bertz CT molecular complexity index is 2010. The number of hydrogen-bond acceptors (Lipinski definition) is 14. The van der Waals surface area contributed by atoms with Gasteiger partial charge in [0, 0.05) is 55.9 Å². The van der Waals surface area contributed by atoms with E-state index in [1.165, 1.54) is 25.6 Å². The number of nitrogens with zero attached hydrogens (tertiary/aromatic N) is 6. The van der Waals surface area contributed by atoms with Gasteiger partial charge in [-0.1, -0.05) is 18.2 Å². The second-order valence-electron chi connectivity index (χ2n) is 11.4. The number of aromatic nitrogens is 2. The summed E-state index contributed by atoms with van der Waals surface area (Å²) in [5, 5.41) is 5.99. The average Bonchev–Trinajstić information content (AvgIpc) is 3.53. The molecular formula is C37H48N12O5. The smallest absolute Gasteiger partial charge is 0.270 e. The highest BCUT2D eigenvalue weighted by molar-refractivity contribution is 6.43. The molecular weight excluding hydrogens is 692 g/mol. The highest BCUT2D eigenvalue weighted by Crippen LogP contribution is 2.39. The summed E-state index contributed by atoms with van der Waals surface area (Å²) in [4.78, 5) is 56.1. The van der Waals surface area contributed by atoms with Gasteiger partial charge in [-0.3, -0.25) is 29.4 Å². The third-order valence-corrected chi connectivity index (χ3v) is 7.52. The highest BCUT2D eigenvalue weighted by atomic mass is 16.5. The monoisotopic (exact) mass is 740 g/mol. The molecule has 0 spiro atoms. The van der Waals surface area contributed by atoms with Crippen molar-refractivity contribution in [1.29, 1.82) is 0 Å². The van der Waals surface area contributed by atoms with Gasteiger partial charge in [0.15, 0.2) is 0 Å². The molecule has 3 rings (SSSR count). The summed E-state index contributed by atoms with van der Waals surface area (Å²) in [5.74, 6) is 0.194. The minimum atomic E-state index is -0.628. The van der Waals surface area contributed by atoms with Gasteiger partial charge in [-0.2, -0.15) is 0 Å². The van der Waals surface area contributed by atoms with Crippen LogP contribution in [0.2, 0.25) is 0 Å². The Kier molecular flexibility index (Phi) is 16.0. The number of anilines is 2. The zero-order chi connectivity index (χ0) is 39.6. The van der Waals surface area contributed by atoms with E-state index in [1.54, 1.807) is 50.4 Å². The molecule has 2 amide bonds. The number of carbonyl (C=O) groups excluding carboxylic acids is 3. The molecule has 17 heteroatoms. The van der Waals surface area contributed by atoms with E-state index in [2.05, 4.69) is 37.3 Å². The Morgan fingerprint density at radius 2 is 1.87 bits per heavy atom. The number of allylic oxidation sites excluding steroid dienone is 3. The number of hydrogen-bond donors (Lipinski definition) is 6. The van der Waals surface area contributed by atoms with Crippen molar-refractivity contribution < 1.29 is 23.9 Å². The van der Waals surface area contributed by atoms with Crippen molar-refractivity contribution in [3.63, 3.8) is 0 Å². The Hall–Kier alpha value is -6.91. The van der Waals surface area contributed by atoms with E-state index in [-0.39, 0.29) is 31.1 Å². The number of aldehydes is 1. The normalized spacial score (nSPS) is 12.5. The van der Waals surface area contributed by atoms with Crippen LogP contribution in [-0.4, -0.2) is 93.4 Å². The molecule has 1 heterocycles. The lowest BCUT2D eigenvalue weighted by Crippen LogP contribution is -2.41. The molecule has 54 heavy (non-hydrogen) atoms. The van der Waals surface area contributed by atoms with Gasteiger partial charge in [0.1, 0.15) is 41.3 Å². The standard InChI is InChI=1S/C37H48N12O5/c1-6-45-30(15-24(2)39)36(52)46-23-48(33-28(42-3)16-25(22-50)17-31(33)53-5)12-8-9-13-49-34-29(47-37(49)43-4)18-26(35(41)51)19-32(34)54-14-10-7-11-44-21-27(40)20-38/h7-10,15-22H,3,6,11-14,23,38-40H2,1-2,4-5H3,(H2,41,51)(H,43,47)(H,46,52)/b9-8+,10-7+,24-15-,27-20+,44-21?,45-30?.